The van der Waals surface area contributed by atoms with Crippen LogP contribution < -0.4 is 10.6 Å². The molecule has 0 atom stereocenters. The molecule has 0 saturated carbocycles. The Kier molecular flexibility index (Phi) is 5.61. The van der Waals surface area contributed by atoms with Gasteiger partial charge in [-0.05, 0) is 32.0 Å². The first-order chi connectivity index (χ1) is 9.78. The van der Waals surface area contributed by atoms with Crippen LogP contribution in [0.2, 0.25) is 0 Å². The summed E-state index contributed by atoms with van der Waals surface area (Å²) >= 11 is 1.79. The summed E-state index contributed by atoms with van der Waals surface area (Å²) in [6.45, 7) is 7.39. The van der Waals surface area contributed by atoms with Crippen molar-refractivity contribution in [1.29, 1.82) is 0 Å². The van der Waals surface area contributed by atoms with Gasteiger partial charge in [0.2, 0.25) is 0 Å². The Labute approximate surface area is 123 Å². The first kappa shape index (κ1) is 14.6. The second-order valence-corrected chi connectivity index (χ2v) is 5.78. The van der Waals surface area contributed by atoms with E-state index < -0.39 is 0 Å². The van der Waals surface area contributed by atoms with Crippen LogP contribution in [0.3, 0.4) is 0 Å². The molecule has 0 aromatic carbocycles. The summed E-state index contributed by atoms with van der Waals surface area (Å²) in [6.07, 6.45) is 3.75. The summed E-state index contributed by atoms with van der Waals surface area (Å²) in [7, 11) is 0. The average Bonchev–Trinajstić information content (AvgIpc) is 3.07. The fourth-order valence-corrected chi connectivity index (χ4v) is 2.61. The van der Waals surface area contributed by atoms with E-state index in [2.05, 4.69) is 46.7 Å². The Bertz CT molecular complexity index is 530. The molecule has 20 heavy (non-hydrogen) atoms. The number of aromatic nitrogens is 2. The fraction of sp³-hybridized carbons (Fsp3) is 0.429. The van der Waals surface area contributed by atoms with Gasteiger partial charge in [0.05, 0.1) is 13.1 Å². The van der Waals surface area contributed by atoms with Crippen LogP contribution >= 0.6 is 11.3 Å². The van der Waals surface area contributed by atoms with E-state index in [4.69, 9.17) is 0 Å². The van der Waals surface area contributed by atoms with Gasteiger partial charge in [-0.1, -0.05) is 0 Å². The van der Waals surface area contributed by atoms with Crippen molar-refractivity contribution in [3.8, 4) is 0 Å². The topological polar surface area (TPSA) is 54.2 Å². The monoisotopic (exact) mass is 291 g/mol. The second kappa shape index (κ2) is 7.69. The molecule has 0 amide bonds. The van der Waals surface area contributed by atoms with Gasteiger partial charge >= 0.3 is 0 Å². The molecular weight excluding hydrogens is 270 g/mol. The summed E-state index contributed by atoms with van der Waals surface area (Å²) in [5.74, 6) is 0.853. The molecule has 2 rings (SSSR count). The molecule has 0 spiro atoms. The lowest BCUT2D eigenvalue weighted by atomic mass is 10.4. The number of aliphatic imine (C=N–C) groups is 1. The molecular formula is C14H21N5S. The largest absolute Gasteiger partial charge is 0.357 e. The Balaban J connectivity index is 1.82. The molecule has 0 radical (unpaired) electrons. The maximum atomic E-state index is 4.59. The highest BCUT2D eigenvalue weighted by atomic mass is 32.1. The first-order valence-corrected chi connectivity index (χ1v) is 7.64. The predicted octanol–water partition coefficient (Wildman–Crippen LogP) is 2.01. The van der Waals surface area contributed by atoms with Crippen LogP contribution in [-0.2, 0) is 13.1 Å². The van der Waals surface area contributed by atoms with E-state index in [1.807, 2.05) is 16.9 Å². The van der Waals surface area contributed by atoms with Gasteiger partial charge in [-0.2, -0.15) is 5.10 Å². The van der Waals surface area contributed by atoms with Crippen molar-refractivity contribution in [2.45, 2.75) is 26.9 Å². The number of rotatable bonds is 6. The van der Waals surface area contributed by atoms with Gasteiger partial charge in [0, 0.05) is 35.2 Å². The number of hydrogen-bond donors (Lipinski definition) is 2. The molecule has 2 aromatic heterocycles. The van der Waals surface area contributed by atoms with Crippen LogP contribution in [0.4, 0.5) is 0 Å². The lowest BCUT2D eigenvalue weighted by Gasteiger charge is -2.11. The van der Waals surface area contributed by atoms with Crippen LogP contribution in [0.1, 0.15) is 16.7 Å². The third-order valence-corrected chi connectivity index (χ3v) is 3.71. The Morgan fingerprint density at radius 2 is 2.30 bits per heavy atom. The number of thiophene rings is 1. The smallest absolute Gasteiger partial charge is 0.191 e. The molecule has 0 aliphatic carbocycles. The zero-order valence-corrected chi connectivity index (χ0v) is 12.8. The molecule has 5 nitrogen and oxygen atoms in total. The third-order valence-electron chi connectivity index (χ3n) is 2.73. The van der Waals surface area contributed by atoms with Gasteiger partial charge in [0.25, 0.3) is 0 Å². The molecule has 0 fully saturated rings. The molecule has 0 aliphatic heterocycles. The molecule has 6 heteroatoms. The van der Waals surface area contributed by atoms with Crippen molar-refractivity contribution >= 4 is 17.3 Å². The summed E-state index contributed by atoms with van der Waals surface area (Å²) in [6, 6.07) is 6.20. The highest BCUT2D eigenvalue weighted by Gasteiger charge is 1.99. The lowest BCUT2D eigenvalue weighted by Crippen LogP contribution is -2.38. The molecule has 0 aliphatic rings. The van der Waals surface area contributed by atoms with Crippen molar-refractivity contribution in [3.63, 3.8) is 0 Å². The highest BCUT2D eigenvalue weighted by molar-refractivity contribution is 7.11. The van der Waals surface area contributed by atoms with E-state index in [9.17, 15) is 0 Å². The van der Waals surface area contributed by atoms with Gasteiger partial charge in [-0.3, -0.25) is 4.68 Å². The maximum Gasteiger partial charge on any atom is 0.191 e. The minimum Gasteiger partial charge on any atom is -0.357 e. The van der Waals surface area contributed by atoms with Crippen LogP contribution in [0.15, 0.2) is 35.6 Å². The summed E-state index contributed by atoms with van der Waals surface area (Å²) in [5.41, 5.74) is 0. The first-order valence-electron chi connectivity index (χ1n) is 6.83. The predicted molar refractivity (Wildman–Crippen MR) is 84.1 cm³/mol. The molecule has 0 bridgehead atoms. The Hall–Kier alpha value is -1.82. The van der Waals surface area contributed by atoms with Crippen molar-refractivity contribution in [1.82, 2.24) is 20.4 Å². The summed E-state index contributed by atoms with van der Waals surface area (Å²) in [4.78, 5) is 7.20. The Morgan fingerprint density at radius 1 is 1.40 bits per heavy atom. The summed E-state index contributed by atoms with van der Waals surface area (Å²) < 4.78 is 1.90. The lowest BCUT2D eigenvalue weighted by molar-refractivity contribution is 0.598. The van der Waals surface area contributed by atoms with Gasteiger partial charge in [-0.15, -0.1) is 11.3 Å². The zero-order chi connectivity index (χ0) is 14.2. The van der Waals surface area contributed by atoms with Gasteiger partial charge in [-0.25, -0.2) is 4.99 Å². The zero-order valence-electron chi connectivity index (χ0n) is 12.0. The van der Waals surface area contributed by atoms with Crippen LogP contribution in [0.25, 0.3) is 0 Å². The third kappa shape index (κ3) is 4.70. The SMILES string of the molecule is CCNC(=NCc1ccc(C)s1)NCCn1cccn1. The van der Waals surface area contributed by atoms with E-state index in [1.165, 1.54) is 9.75 Å². The molecule has 2 aromatic rings. The number of guanidine groups is 1. The average molecular weight is 291 g/mol. The van der Waals surface area contributed by atoms with Crippen molar-refractivity contribution in [2.75, 3.05) is 13.1 Å². The van der Waals surface area contributed by atoms with E-state index >= 15 is 0 Å². The van der Waals surface area contributed by atoms with Gasteiger partial charge in [0.15, 0.2) is 5.96 Å². The highest BCUT2D eigenvalue weighted by Crippen LogP contribution is 2.15. The number of nitrogens with zero attached hydrogens (tertiary/aromatic N) is 3. The minimum atomic E-state index is 0.718. The molecule has 2 heterocycles. The molecule has 108 valence electrons. The normalized spacial score (nSPS) is 11.6. The standard InChI is InChI=1S/C14H21N5S/c1-3-15-14(16-8-10-19-9-4-7-18-19)17-11-13-6-5-12(2)20-13/h4-7,9H,3,8,10-11H2,1-2H3,(H2,15,16,17). The van der Waals surface area contributed by atoms with E-state index in [1.54, 1.807) is 17.5 Å². The van der Waals surface area contributed by atoms with Gasteiger partial charge in [0.1, 0.15) is 0 Å². The van der Waals surface area contributed by atoms with Crippen molar-refractivity contribution in [2.24, 2.45) is 4.99 Å². The van der Waals surface area contributed by atoms with Crippen LogP contribution in [0, 0.1) is 6.92 Å². The van der Waals surface area contributed by atoms with Gasteiger partial charge < -0.3 is 10.6 Å². The van der Waals surface area contributed by atoms with E-state index in [0.717, 1.165) is 32.1 Å². The number of nitrogens with one attached hydrogen (secondary N) is 2. The molecule has 0 saturated heterocycles. The van der Waals surface area contributed by atoms with E-state index in [0.29, 0.717) is 0 Å². The Morgan fingerprint density at radius 3 is 2.95 bits per heavy atom. The minimum absolute atomic E-state index is 0.718. The number of hydrogen-bond acceptors (Lipinski definition) is 3. The second-order valence-electron chi connectivity index (χ2n) is 4.40. The maximum absolute atomic E-state index is 4.59. The van der Waals surface area contributed by atoms with Crippen molar-refractivity contribution < 1.29 is 0 Å². The fourth-order valence-electron chi connectivity index (χ4n) is 1.79. The number of aryl methyl sites for hydroxylation is 1. The van der Waals surface area contributed by atoms with E-state index in [-0.39, 0.29) is 0 Å². The molecule has 0 unspecified atom stereocenters. The van der Waals surface area contributed by atoms with Crippen molar-refractivity contribution in [3.05, 3.63) is 40.3 Å². The quantitative estimate of drug-likeness (QED) is 0.632. The van der Waals surface area contributed by atoms with Crippen LogP contribution in [0.5, 0.6) is 0 Å². The molecule has 2 N–H and O–H groups in total. The summed E-state index contributed by atoms with van der Waals surface area (Å²) in [5, 5.41) is 10.7. The van der Waals surface area contributed by atoms with Crippen LogP contribution in [-0.4, -0.2) is 28.8 Å².